The number of hydrogen-bond donors (Lipinski definition) is 2. The van der Waals surface area contributed by atoms with Gasteiger partial charge in [0.05, 0.1) is 0 Å². The molecule has 2 rings (SSSR count). The van der Waals surface area contributed by atoms with E-state index in [0.717, 1.165) is 17.8 Å². The molecule has 2 N–H and O–H groups in total. The van der Waals surface area contributed by atoms with E-state index in [1.807, 2.05) is 5.38 Å². The van der Waals surface area contributed by atoms with E-state index >= 15 is 0 Å². The van der Waals surface area contributed by atoms with Crippen LogP contribution in [0.2, 0.25) is 0 Å². The Hall–Kier alpha value is -1.80. The molecule has 0 aromatic carbocycles. The van der Waals surface area contributed by atoms with E-state index in [4.69, 9.17) is 0 Å². The summed E-state index contributed by atoms with van der Waals surface area (Å²) in [5.41, 5.74) is 0.619. The summed E-state index contributed by atoms with van der Waals surface area (Å²) >= 11 is 2.85. The third-order valence-corrected chi connectivity index (χ3v) is 4.18. The topological polar surface area (TPSA) is 84.0 Å². The van der Waals surface area contributed by atoms with Gasteiger partial charge in [-0.2, -0.15) is 11.3 Å². The van der Waals surface area contributed by atoms with Crippen LogP contribution < -0.4 is 10.6 Å². The Morgan fingerprint density at radius 3 is 2.90 bits per heavy atom. The van der Waals surface area contributed by atoms with Gasteiger partial charge in [-0.1, -0.05) is 18.3 Å². The van der Waals surface area contributed by atoms with Gasteiger partial charge in [0.2, 0.25) is 11.0 Å². The smallest absolute Gasteiger partial charge is 0.252 e. The van der Waals surface area contributed by atoms with E-state index in [-0.39, 0.29) is 18.2 Å². The molecule has 2 heterocycles. The van der Waals surface area contributed by atoms with Crippen LogP contribution in [0, 0.1) is 0 Å². The molecule has 0 aliphatic carbocycles. The van der Waals surface area contributed by atoms with Crippen LogP contribution in [0.5, 0.6) is 0 Å². The van der Waals surface area contributed by atoms with Crippen molar-refractivity contribution in [3.63, 3.8) is 0 Å². The Kier molecular flexibility index (Phi) is 5.82. The number of aryl methyl sites for hydroxylation is 1. The van der Waals surface area contributed by atoms with E-state index < -0.39 is 0 Å². The maximum atomic E-state index is 11.7. The summed E-state index contributed by atoms with van der Waals surface area (Å²) in [5.74, 6) is -0.343. The number of amides is 2. The molecule has 2 aromatic rings. The van der Waals surface area contributed by atoms with Crippen LogP contribution in [0.3, 0.4) is 0 Å². The van der Waals surface area contributed by atoms with Gasteiger partial charge in [0, 0.05) is 30.3 Å². The first-order chi connectivity index (χ1) is 10.2. The molecule has 0 saturated carbocycles. The zero-order valence-corrected chi connectivity index (χ0v) is 13.2. The Morgan fingerprint density at radius 2 is 2.19 bits per heavy atom. The number of thiophene rings is 1. The van der Waals surface area contributed by atoms with Crippen LogP contribution >= 0.6 is 22.7 Å². The van der Waals surface area contributed by atoms with Gasteiger partial charge in [0.25, 0.3) is 5.91 Å². The standard InChI is InChI=1S/C13H16N4O2S2/c1-2-3-11-16-17-13(21-11)15-10(18)4-6-14-12(19)9-5-7-20-8-9/h5,7-8H,2-4,6H2,1H3,(H,14,19)(H,15,17,18). The largest absolute Gasteiger partial charge is 0.351 e. The third-order valence-electron chi connectivity index (χ3n) is 2.60. The van der Waals surface area contributed by atoms with Crippen molar-refractivity contribution >= 4 is 39.6 Å². The number of carbonyl (C=O) groups is 2. The molecule has 2 aromatic heterocycles. The highest BCUT2D eigenvalue weighted by Crippen LogP contribution is 2.16. The van der Waals surface area contributed by atoms with Crippen molar-refractivity contribution in [2.24, 2.45) is 0 Å². The summed E-state index contributed by atoms with van der Waals surface area (Å²) in [6, 6.07) is 1.75. The van der Waals surface area contributed by atoms with E-state index in [1.54, 1.807) is 11.4 Å². The summed E-state index contributed by atoms with van der Waals surface area (Å²) in [7, 11) is 0. The van der Waals surface area contributed by atoms with Crippen molar-refractivity contribution in [1.29, 1.82) is 0 Å². The molecule has 0 aliphatic heterocycles. The minimum atomic E-state index is -0.181. The summed E-state index contributed by atoms with van der Waals surface area (Å²) in [4.78, 5) is 23.4. The van der Waals surface area contributed by atoms with Crippen molar-refractivity contribution < 1.29 is 9.59 Å². The second kappa shape index (κ2) is 7.84. The molecule has 0 radical (unpaired) electrons. The molecule has 21 heavy (non-hydrogen) atoms. The Bertz CT molecular complexity index is 595. The lowest BCUT2D eigenvalue weighted by atomic mass is 10.3. The van der Waals surface area contributed by atoms with Crippen LogP contribution in [0.4, 0.5) is 5.13 Å². The maximum absolute atomic E-state index is 11.7. The van der Waals surface area contributed by atoms with Crippen molar-refractivity contribution in [3.05, 3.63) is 27.4 Å². The third kappa shape index (κ3) is 4.91. The molecular weight excluding hydrogens is 308 g/mol. The van der Waals surface area contributed by atoms with Gasteiger partial charge in [-0.15, -0.1) is 10.2 Å². The summed E-state index contributed by atoms with van der Waals surface area (Å²) in [5, 5.41) is 18.3. The van der Waals surface area contributed by atoms with E-state index in [9.17, 15) is 9.59 Å². The molecule has 0 atom stereocenters. The Labute approximate surface area is 130 Å². The molecule has 0 bridgehead atoms. The number of anilines is 1. The SMILES string of the molecule is CCCc1nnc(NC(=O)CCNC(=O)c2ccsc2)s1. The van der Waals surface area contributed by atoms with Gasteiger partial charge in [0.15, 0.2) is 0 Å². The number of rotatable bonds is 7. The fraction of sp³-hybridized carbons (Fsp3) is 0.385. The van der Waals surface area contributed by atoms with Crippen LogP contribution in [-0.2, 0) is 11.2 Å². The lowest BCUT2D eigenvalue weighted by Gasteiger charge is -2.03. The lowest BCUT2D eigenvalue weighted by molar-refractivity contribution is -0.116. The van der Waals surface area contributed by atoms with Gasteiger partial charge < -0.3 is 10.6 Å². The van der Waals surface area contributed by atoms with Gasteiger partial charge in [-0.25, -0.2) is 0 Å². The Balaban J connectivity index is 1.70. The predicted octanol–water partition coefficient (Wildman–Crippen LogP) is 2.31. The van der Waals surface area contributed by atoms with Crippen molar-refractivity contribution in [2.45, 2.75) is 26.2 Å². The number of carbonyl (C=O) groups excluding carboxylic acids is 2. The molecule has 0 aliphatic rings. The molecule has 112 valence electrons. The first-order valence-electron chi connectivity index (χ1n) is 6.61. The van der Waals surface area contributed by atoms with Crippen LogP contribution in [0.25, 0.3) is 0 Å². The van der Waals surface area contributed by atoms with Crippen LogP contribution in [0.1, 0.15) is 35.1 Å². The quantitative estimate of drug-likeness (QED) is 0.818. The van der Waals surface area contributed by atoms with Crippen molar-refractivity contribution in [2.75, 3.05) is 11.9 Å². The first kappa shape index (κ1) is 15.6. The Morgan fingerprint density at radius 1 is 1.33 bits per heavy atom. The number of nitrogens with zero attached hydrogens (tertiary/aromatic N) is 2. The summed E-state index contributed by atoms with van der Waals surface area (Å²) < 4.78 is 0. The maximum Gasteiger partial charge on any atom is 0.252 e. The minimum absolute atomic E-state index is 0.162. The number of aromatic nitrogens is 2. The average Bonchev–Trinajstić information content (AvgIpc) is 3.10. The van der Waals surface area contributed by atoms with E-state index in [1.165, 1.54) is 22.7 Å². The zero-order chi connectivity index (χ0) is 15.1. The van der Waals surface area contributed by atoms with E-state index in [2.05, 4.69) is 27.8 Å². The lowest BCUT2D eigenvalue weighted by Crippen LogP contribution is -2.27. The monoisotopic (exact) mass is 324 g/mol. The van der Waals surface area contributed by atoms with Crippen molar-refractivity contribution in [3.8, 4) is 0 Å². The molecular formula is C13H16N4O2S2. The molecule has 6 nitrogen and oxygen atoms in total. The van der Waals surface area contributed by atoms with Gasteiger partial charge in [-0.3, -0.25) is 9.59 Å². The molecule has 0 spiro atoms. The molecule has 2 amide bonds. The zero-order valence-electron chi connectivity index (χ0n) is 11.6. The highest BCUT2D eigenvalue weighted by atomic mass is 32.1. The summed E-state index contributed by atoms with van der Waals surface area (Å²) in [6.07, 6.45) is 2.07. The van der Waals surface area contributed by atoms with Gasteiger partial charge >= 0.3 is 0 Å². The molecule has 0 unspecified atom stereocenters. The highest BCUT2D eigenvalue weighted by Gasteiger charge is 2.09. The van der Waals surface area contributed by atoms with Crippen LogP contribution in [0.15, 0.2) is 16.8 Å². The predicted molar refractivity (Wildman–Crippen MR) is 83.8 cm³/mol. The minimum Gasteiger partial charge on any atom is -0.351 e. The number of hydrogen-bond acceptors (Lipinski definition) is 6. The first-order valence-corrected chi connectivity index (χ1v) is 8.37. The fourth-order valence-corrected chi connectivity index (χ4v) is 3.08. The molecule has 0 saturated heterocycles. The second-order valence-electron chi connectivity index (χ2n) is 4.32. The highest BCUT2D eigenvalue weighted by molar-refractivity contribution is 7.15. The van der Waals surface area contributed by atoms with E-state index in [0.29, 0.717) is 17.2 Å². The molecule has 0 fully saturated rings. The second-order valence-corrected chi connectivity index (χ2v) is 6.16. The molecule has 8 heteroatoms. The van der Waals surface area contributed by atoms with Crippen molar-refractivity contribution in [1.82, 2.24) is 15.5 Å². The summed E-state index contributed by atoms with van der Waals surface area (Å²) in [6.45, 7) is 2.36. The fourth-order valence-electron chi connectivity index (χ4n) is 1.59. The van der Waals surface area contributed by atoms with Gasteiger partial charge in [-0.05, 0) is 17.9 Å². The number of nitrogens with one attached hydrogen (secondary N) is 2. The average molecular weight is 324 g/mol. The normalized spacial score (nSPS) is 10.3. The van der Waals surface area contributed by atoms with Crippen LogP contribution in [-0.4, -0.2) is 28.6 Å². The van der Waals surface area contributed by atoms with Gasteiger partial charge in [0.1, 0.15) is 5.01 Å².